The Kier molecular flexibility index (Phi) is 5.70. The Balaban J connectivity index is 1.89. The summed E-state index contributed by atoms with van der Waals surface area (Å²) in [4.78, 5) is 0.620. The molecule has 2 unspecified atom stereocenters. The van der Waals surface area contributed by atoms with Crippen LogP contribution in [0.2, 0.25) is 0 Å². The van der Waals surface area contributed by atoms with Crippen molar-refractivity contribution in [1.29, 1.82) is 0 Å². The maximum absolute atomic E-state index is 12.3. The maximum atomic E-state index is 12.3. The predicted octanol–water partition coefficient (Wildman–Crippen LogP) is 5.63. The zero-order valence-corrected chi connectivity index (χ0v) is 12.9. The molecule has 1 aromatic carbocycles. The van der Waals surface area contributed by atoms with Crippen molar-refractivity contribution >= 4 is 17.4 Å². The van der Waals surface area contributed by atoms with Gasteiger partial charge in [-0.2, -0.15) is 8.78 Å². The Morgan fingerprint density at radius 3 is 2.45 bits per heavy atom. The van der Waals surface area contributed by atoms with E-state index in [1.54, 1.807) is 12.1 Å². The summed E-state index contributed by atoms with van der Waals surface area (Å²) >= 11 is 0.596. The normalized spacial score (nSPS) is 23.3. The summed E-state index contributed by atoms with van der Waals surface area (Å²) in [5, 5.41) is 3.55. The molecule has 0 aliphatic heterocycles. The number of nitrogens with one attached hydrogen (secondary N) is 1. The van der Waals surface area contributed by atoms with Crippen LogP contribution in [0.3, 0.4) is 0 Å². The highest BCUT2D eigenvalue weighted by molar-refractivity contribution is 7.99. The Morgan fingerprint density at radius 1 is 1.15 bits per heavy atom. The van der Waals surface area contributed by atoms with Gasteiger partial charge in [-0.05, 0) is 48.9 Å². The first-order valence-corrected chi connectivity index (χ1v) is 8.24. The van der Waals surface area contributed by atoms with Crippen LogP contribution in [0, 0.1) is 11.8 Å². The lowest BCUT2D eigenvalue weighted by molar-refractivity contribution is 0.252. The number of anilines is 1. The molecule has 0 amide bonds. The lowest BCUT2D eigenvalue weighted by atomic mass is 9.79. The SMILES string of the molecule is CC(C)C1CCCC(Nc2ccc(SC(F)F)cc2)C1. The van der Waals surface area contributed by atoms with E-state index in [1.807, 2.05) is 12.1 Å². The Hall–Kier alpha value is -0.770. The first-order valence-electron chi connectivity index (χ1n) is 7.36. The van der Waals surface area contributed by atoms with E-state index in [-0.39, 0.29) is 0 Å². The van der Waals surface area contributed by atoms with Crippen LogP contribution in [-0.4, -0.2) is 11.8 Å². The van der Waals surface area contributed by atoms with Crippen molar-refractivity contribution in [3.63, 3.8) is 0 Å². The summed E-state index contributed by atoms with van der Waals surface area (Å²) in [6.45, 7) is 4.59. The molecule has 0 bridgehead atoms. The van der Waals surface area contributed by atoms with Crippen LogP contribution in [0.25, 0.3) is 0 Å². The third-order valence-corrected chi connectivity index (χ3v) is 4.83. The smallest absolute Gasteiger partial charge is 0.288 e. The van der Waals surface area contributed by atoms with E-state index in [9.17, 15) is 8.78 Å². The molecule has 1 aliphatic rings. The number of hydrogen-bond acceptors (Lipinski definition) is 2. The molecule has 20 heavy (non-hydrogen) atoms. The molecule has 2 atom stereocenters. The topological polar surface area (TPSA) is 12.0 Å². The van der Waals surface area contributed by atoms with Crippen LogP contribution in [0.4, 0.5) is 14.5 Å². The van der Waals surface area contributed by atoms with Gasteiger partial charge >= 0.3 is 0 Å². The molecule has 0 aromatic heterocycles. The van der Waals surface area contributed by atoms with E-state index >= 15 is 0 Å². The summed E-state index contributed by atoms with van der Waals surface area (Å²) < 4.78 is 24.5. The van der Waals surface area contributed by atoms with Gasteiger partial charge in [-0.25, -0.2) is 0 Å². The van der Waals surface area contributed by atoms with Crippen LogP contribution in [-0.2, 0) is 0 Å². The molecule has 1 aliphatic carbocycles. The number of rotatable bonds is 5. The fraction of sp³-hybridized carbons (Fsp3) is 0.625. The predicted molar refractivity (Wildman–Crippen MR) is 82.5 cm³/mol. The molecule has 1 N–H and O–H groups in total. The molecular formula is C16H23F2NS. The van der Waals surface area contributed by atoms with Gasteiger partial charge in [0, 0.05) is 16.6 Å². The Morgan fingerprint density at radius 2 is 1.85 bits per heavy atom. The Bertz CT molecular complexity index is 405. The highest BCUT2D eigenvalue weighted by atomic mass is 32.2. The molecule has 2 rings (SSSR count). The molecular weight excluding hydrogens is 276 g/mol. The van der Waals surface area contributed by atoms with E-state index in [4.69, 9.17) is 0 Å². The van der Waals surface area contributed by atoms with Gasteiger partial charge in [0.05, 0.1) is 0 Å². The molecule has 1 fully saturated rings. The van der Waals surface area contributed by atoms with Gasteiger partial charge in [-0.3, -0.25) is 0 Å². The fourth-order valence-electron chi connectivity index (χ4n) is 2.93. The van der Waals surface area contributed by atoms with Crippen molar-refractivity contribution in [1.82, 2.24) is 0 Å². The van der Waals surface area contributed by atoms with Gasteiger partial charge in [0.25, 0.3) is 5.76 Å². The van der Waals surface area contributed by atoms with E-state index < -0.39 is 5.76 Å². The van der Waals surface area contributed by atoms with Gasteiger partial charge in [0.1, 0.15) is 0 Å². The first-order chi connectivity index (χ1) is 9.54. The minimum Gasteiger partial charge on any atom is -0.382 e. The average Bonchev–Trinajstić information content (AvgIpc) is 2.41. The van der Waals surface area contributed by atoms with Gasteiger partial charge < -0.3 is 5.32 Å². The molecule has 0 radical (unpaired) electrons. The third kappa shape index (κ3) is 4.65. The third-order valence-electron chi connectivity index (χ3n) is 4.11. The first kappa shape index (κ1) is 15.6. The van der Waals surface area contributed by atoms with E-state index in [0.29, 0.717) is 22.7 Å². The highest BCUT2D eigenvalue weighted by Crippen LogP contribution is 2.32. The van der Waals surface area contributed by atoms with Crippen LogP contribution in [0.15, 0.2) is 29.2 Å². The zero-order chi connectivity index (χ0) is 14.5. The average molecular weight is 299 g/mol. The number of hydrogen-bond donors (Lipinski definition) is 1. The van der Waals surface area contributed by atoms with Crippen molar-refractivity contribution in [3.05, 3.63) is 24.3 Å². The van der Waals surface area contributed by atoms with Crippen molar-refractivity contribution in [2.75, 3.05) is 5.32 Å². The van der Waals surface area contributed by atoms with E-state index in [2.05, 4.69) is 19.2 Å². The Labute approximate surface area is 124 Å². The molecule has 1 nitrogen and oxygen atoms in total. The second-order valence-electron chi connectivity index (χ2n) is 5.91. The fourth-order valence-corrected chi connectivity index (χ4v) is 3.43. The summed E-state index contributed by atoms with van der Waals surface area (Å²) in [5.74, 6) is -0.807. The number of thioether (sulfide) groups is 1. The van der Waals surface area contributed by atoms with Crippen molar-refractivity contribution in [3.8, 4) is 0 Å². The largest absolute Gasteiger partial charge is 0.382 e. The molecule has 112 valence electrons. The molecule has 0 heterocycles. The monoisotopic (exact) mass is 299 g/mol. The standard InChI is InChI=1S/C16H23F2NS/c1-11(2)12-4-3-5-14(10-12)19-13-6-8-15(9-7-13)20-16(17)18/h6-9,11-12,14,16,19H,3-5,10H2,1-2H3. The van der Waals surface area contributed by atoms with Crippen molar-refractivity contribution in [2.24, 2.45) is 11.8 Å². The summed E-state index contributed by atoms with van der Waals surface area (Å²) in [7, 11) is 0. The minimum atomic E-state index is -2.35. The van der Waals surface area contributed by atoms with E-state index in [0.717, 1.165) is 17.5 Å². The minimum absolute atomic E-state index is 0.518. The van der Waals surface area contributed by atoms with Crippen molar-refractivity contribution < 1.29 is 8.78 Å². The van der Waals surface area contributed by atoms with Gasteiger partial charge in [-0.15, -0.1) is 0 Å². The molecule has 4 heteroatoms. The second-order valence-corrected chi connectivity index (χ2v) is 6.98. The van der Waals surface area contributed by atoms with E-state index in [1.165, 1.54) is 25.7 Å². The molecule has 0 saturated heterocycles. The summed E-state index contributed by atoms with van der Waals surface area (Å²) in [5.41, 5.74) is 1.04. The summed E-state index contributed by atoms with van der Waals surface area (Å²) in [6.07, 6.45) is 5.03. The zero-order valence-electron chi connectivity index (χ0n) is 12.1. The lowest BCUT2D eigenvalue weighted by Gasteiger charge is -2.32. The lowest BCUT2D eigenvalue weighted by Crippen LogP contribution is -2.29. The number of alkyl halides is 2. The second kappa shape index (κ2) is 7.30. The number of benzene rings is 1. The van der Waals surface area contributed by atoms with Gasteiger partial charge in [-0.1, -0.05) is 38.5 Å². The molecule has 0 spiro atoms. The molecule has 1 saturated carbocycles. The molecule has 1 aromatic rings. The van der Waals surface area contributed by atoms with Gasteiger partial charge in [0.2, 0.25) is 0 Å². The van der Waals surface area contributed by atoms with Crippen molar-refractivity contribution in [2.45, 2.75) is 56.2 Å². The summed E-state index contributed by atoms with van der Waals surface area (Å²) in [6, 6.07) is 7.86. The van der Waals surface area contributed by atoms with Crippen LogP contribution < -0.4 is 5.32 Å². The van der Waals surface area contributed by atoms with Crippen LogP contribution in [0.5, 0.6) is 0 Å². The van der Waals surface area contributed by atoms with Crippen LogP contribution in [0.1, 0.15) is 39.5 Å². The highest BCUT2D eigenvalue weighted by Gasteiger charge is 2.23. The maximum Gasteiger partial charge on any atom is 0.288 e. The quantitative estimate of drug-likeness (QED) is 0.707. The van der Waals surface area contributed by atoms with Gasteiger partial charge in [0.15, 0.2) is 0 Å². The van der Waals surface area contributed by atoms with Crippen LogP contribution >= 0.6 is 11.8 Å². The number of halogens is 2.